The van der Waals surface area contributed by atoms with Crippen LogP contribution >= 0.6 is 0 Å². The molecule has 3 nitrogen and oxygen atoms in total. The van der Waals surface area contributed by atoms with E-state index in [2.05, 4.69) is 5.32 Å². The fraction of sp³-hybridized carbons (Fsp3) is 1.00. The Kier molecular flexibility index (Phi) is 3.77. The van der Waals surface area contributed by atoms with Crippen LogP contribution in [0.3, 0.4) is 0 Å². The molecule has 0 saturated carbocycles. The normalized spacial score (nSPS) is 17.3. The Morgan fingerprint density at radius 3 is 2.11 bits per heavy atom. The predicted molar refractivity (Wildman–Crippen MR) is 36.0 cm³/mol. The summed E-state index contributed by atoms with van der Waals surface area (Å²) in [6.45, 7) is 4.15. The lowest BCUT2D eigenvalue weighted by atomic mass is 10.2. The van der Waals surface area contributed by atoms with E-state index in [1.54, 1.807) is 0 Å². The number of rotatable bonds is 4. The van der Waals surface area contributed by atoms with Crippen LogP contribution in [0.1, 0.15) is 20.3 Å². The molecular weight excluding hydrogens is 118 g/mol. The van der Waals surface area contributed by atoms with E-state index in [-0.39, 0.29) is 6.61 Å². The highest BCUT2D eigenvalue weighted by molar-refractivity contribution is 4.70. The maximum atomic E-state index is 9.27. The summed E-state index contributed by atoms with van der Waals surface area (Å²) in [5.41, 5.74) is -1.06. The van der Waals surface area contributed by atoms with Crippen molar-refractivity contribution in [1.82, 2.24) is 5.32 Å². The molecule has 0 aromatic carbocycles. The standard InChI is InChI=1S/C6H15NO2/c1-3-6(9,5-8)7-4-2/h7-9H,3-5H2,1-2H3. The topological polar surface area (TPSA) is 52.5 Å². The quantitative estimate of drug-likeness (QED) is 0.461. The van der Waals surface area contributed by atoms with Crippen molar-refractivity contribution in [2.24, 2.45) is 0 Å². The molecule has 0 aliphatic rings. The summed E-state index contributed by atoms with van der Waals surface area (Å²) in [5.74, 6) is 0. The van der Waals surface area contributed by atoms with Gasteiger partial charge < -0.3 is 10.2 Å². The van der Waals surface area contributed by atoms with Crippen LogP contribution in [0, 0.1) is 0 Å². The predicted octanol–water partition coefficient (Wildman–Crippen LogP) is -0.313. The van der Waals surface area contributed by atoms with E-state index in [0.29, 0.717) is 13.0 Å². The first-order chi connectivity index (χ1) is 4.18. The maximum Gasteiger partial charge on any atom is 0.139 e. The summed E-state index contributed by atoms with van der Waals surface area (Å²) >= 11 is 0. The van der Waals surface area contributed by atoms with Gasteiger partial charge in [0.15, 0.2) is 0 Å². The molecule has 0 radical (unpaired) electrons. The second-order valence-corrected chi connectivity index (χ2v) is 2.07. The van der Waals surface area contributed by atoms with Gasteiger partial charge in [-0.1, -0.05) is 13.8 Å². The molecule has 0 heterocycles. The molecule has 9 heavy (non-hydrogen) atoms. The Morgan fingerprint density at radius 1 is 1.44 bits per heavy atom. The summed E-state index contributed by atoms with van der Waals surface area (Å²) in [7, 11) is 0. The molecule has 0 saturated heterocycles. The average molecular weight is 133 g/mol. The fourth-order valence-corrected chi connectivity index (χ4v) is 0.622. The van der Waals surface area contributed by atoms with E-state index in [1.165, 1.54) is 0 Å². The molecule has 0 aromatic heterocycles. The second-order valence-electron chi connectivity index (χ2n) is 2.07. The van der Waals surface area contributed by atoms with E-state index >= 15 is 0 Å². The van der Waals surface area contributed by atoms with Crippen molar-refractivity contribution in [3.8, 4) is 0 Å². The zero-order chi connectivity index (χ0) is 7.33. The van der Waals surface area contributed by atoms with Crippen molar-refractivity contribution >= 4 is 0 Å². The van der Waals surface area contributed by atoms with E-state index in [1.807, 2.05) is 13.8 Å². The van der Waals surface area contributed by atoms with Crippen LogP contribution in [-0.4, -0.2) is 29.1 Å². The third-order valence-corrected chi connectivity index (χ3v) is 1.35. The van der Waals surface area contributed by atoms with E-state index < -0.39 is 5.72 Å². The third-order valence-electron chi connectivity index (χ3n) is 1.35. The number of aliphatic hydroxyl groups is 2. The van der Waals surface area contributed by atoms with E-state index in [0.717, 1.165) is 0 Å². The summed E-state index contributed by atoms with van der Waals surface area (Å²) in [6, 6.07) is 0. The van der Waals surface area contributed by atoms with Crippen LogP contribution in [0.25, 0.3) is 0 Å². The highest BCUT2D eigenvalue weighted by Gasteiger charge is 2.20. The summed E-state index contributed by atoms with van der Waals surface area (Å²) in [6.07, 6.45) is 0.525. The van der Waals surface area contributed by atoms with Gasteiger partial charge in [-0.25, -0.2) is 0 Å². The minimum Gasteiger partial charge on any atom is -0.392 e. The number of nitrogens with one attached hydrogen (secondary N) is 1. The lowest BCUT2D eigenvalue weighted by molar-refractivity contribution is -0.0443. The van der Waals surface area contributed by atoms with Gasteiger partial charge in [-0.2, -0.15) is 0 Å². The van der Waals surface area contributed by atoms with Crippen LogP contribution < -0.4 is 5.32 Å². The molecule has 0 aliphatic carbocycles. The number of hydrogen-bond acceptors (Lipinski definition) is 3. The van der Waals surface area contributed by atoms with Gasteiger partial charge in [0.05, 0.1) is 6.61 Å². The highest BCUT2D eigenvalue weighted by atomic mass is 16.3. The third kappa shape index (κ3) is 2.79. The largest absolute Gasteiger partial charge is 0.392 e. The Hall–Kier alpha value is -0.120. The summed E-state index contributed by atoms with van der Waals surface area (Å²) in [4.78, 5) is 0. The Balaban J connectivity index is 3.62. The molecule has 0 fully saturated rings. The molecule has 0 rings (SSSR count). The van der Waals surface area contributed by atoms with Gasteiger partial charge in [0, 0.05) is 0 Å². The first kappa shape index (κ1) is 8.88. The van der Waals surface area contributed by atoms with E-state index in [4.69, 9.17) is 5.11 Å². The average Bonchev–Trinajstić information content (AvgIpc) is 1.89. The monoisotopic (exact) mass is 133 g/mol. The lowest BCUT2D eigenvalue weighted by Gasteiger charge is -2.24. The molecule has 0 aromatic rings. The van der Waals surface area contributed by atoms with Crippen LogP contribution in [0.5, 0.6) is 0 Å². The van der Waals surface area contributed by atoms with Gasteiger partial charge in [0.1, 0.15) is 5.72 Å². The molecule has 3 N–H and O–H groups in total. The first-order valence-corrected chi connectivity index (χ1v) is 3.26. The SMILES string of the molecule is CCNC(O)(CC)CO. The molecule has 0 amide bonds. The number of hydrogen-bond donors (Lipinski definition) is 3. The van der Waals surface area contributed by atoms with Crippen LogP contribution in [0.2, 0.25) is 0 Å². The zero-order valence-electron chi connectivity index (χ0n) is 6.02. The van der Waals surface area contributed by atoms with Crippen molar-refractivity contribution in [3.63, 3.8) is 0 Å². The van der Waals surface area contributed by atoms with Crippen LogP contribution in [0.15, 0.2) is 0 Å². The van der Waals surface area contributed by atoms with Crippen molar-refractivity contribution in [2.75, 3.05) is 13.2 Å². The van der Waals surface area contributed by atoms with Gasteiger partial charge in [-0.15, -0.1) is 0 Å². The van der Waals surface area contributed by atoms with Gasteiger partial charge in [0.25, 0.3) is 0 Å². The minimum atomic E-state index is -1.06. The molecular formula is C6H15NO2. The van der Waals surface area contributed by atoms with Crippen molar-refractivity contribution in [3.05, 3.63) is 0 Å². The van der Waals surface area contributed by atoms with Gasteiger partial charge in [-0.3, -0.25) is 5.32 Å². The summed E-state index contributed by atoms with van der Waals surface area (Å²) in [5, 5.41) is 20.6. The van der Waals surface area contributed by atoms with Crippen molar-refractivity contribution in [1.29, 1.82) is 0 Å². The highest BCUT2D eigenvalue weighted by Crippen LogP contribution is 2.02. The molecule has 1 unspecified atom stereocenters. The molecule has 0 aliphatic heterocycles. The fourth-order valence-electron chi connectivity index (χ4n) is 0.622. The zero-order valence-corrected chi connectivity index (χ0v) is 6.02. The number of aliphatic hydroxyl groups excluding tert-OH is 1. The first-order valence-electron chi connectivity index (χ1n) is 3.26. The Bertz CT molecular complexity index is 71.5. The maximum absolute atomic E-state index is 9.27. The molecule has 0 bridgehead atoms. The smallest absolute Gasteiger partial charge is 0.139 e. The lowest BCUT2D eigenvalue weighted by Crippen LogP contribution is -2.47. The Labute approximate surface area is 55.7 Å². The Morgan fingerprint density at radius 2 is 2.00 bits per heavy atom. The van der Waals surface area contributed by atoms with Crippen molar-refractivity contribution in [2.45, 2.75) is 26.0 Å². The van der Waals surface area contributed by atoms with Crippen LogP contribution in [-0.2, 0) is 0 Å². The molecule has 0 spiro atoms. The van der Waals surface area contributed by atoms with E-state index in [9.17, 15) is 5.11 Å². The number of likely N-dealkylation sites (N-methyl/N-ethyl adjacent to an activating group) is 1. The van der Waals surface area contributed by atoms with Gasteiger partial charge >= 0.3 is 0 Å². The van der Waals surface area contributed by atoms with Gasteiger partial charge in [0.2, 0.25) is 0 Å². The minimum absolute atomic E-state index is 0.225. The second kappa shape index (κ2) is 3.82. The molecule has 3 heteroatoms. The van der Waals surface area contributed by atoms with Crippen molar-refractivity contribution < 1.29 is 10.2 Å². The summed E-state index contributed by atoms with van der Waals surface area (Å²) < 4.78 is 0. The molecule has 56 valence electrons. The molecule has 1 atom stereocenters. The van der Waals surface area contributed by atoms with Crippen LogP contribution in [0.4, 0.5) is 0 Å². The van der Waals surface area contributed by atoms with Gasteiger partial charge in [-0.05, 0) is 13.0 Å².